The number of hydrogen-bond acceptors (Lipinski definition) is 3. The molecule has 0 unspecified atom stereocenters. The number of nitrogens with one attached hydrogen (secondary N) is 2. The quantitative estimate of drug-likeness (QED) is 0.656. The van der Waals surface area contributed by atoms with Gasteiger partial charge in [-0.25, -0.2) is 0 Å². The molecule has 1 aliphatic rings. The van der Waals surface area contributed by atoms with E-state index in [2.05, 4.69) is 16.5 Å². The van der Waals surface area contributed by atoms with Crippen molar-refractivity contribution in [3.63, 3.8) is 0 Å². The van der Waals surface area contributed by atoms with Crippen molar-refractivity contribution in [2.75, 3.05) is 13.1 Å². The zero-order valence-electron chi connectivity index (χ0n) is 13.7. The largest absolute Gasteiger partial charge is 0.383 e. The molecule has 4 rings (SSSR count). The van der Waals surface area contributed by atoms with Crippen LogP contribution in [0.15, 0.2) is 45.7 Å². The summed E-state index contributed by atoms with van der Waals surface area (Å²) in [6.45, 7) is 1.91. The van der Waals surface area contributed by atoms with Crippen LogP contribution in [-0.2, 0) is 6.42 Å². The topological polar surface area (TPSA) is 58.0 Å². The van der Waals surface area contributed by atoms with Crippen LogP contribution in [0.5, 0.6) is 0 Å². The van der Waals surface area contributed by atoms with E-state index in [1.807, 2.05) is 30.3 Å². The second-order valence-corrected chi connectivity index (χ2v) is 6.71. The monoisotopic (exact) mass is 422 g/mol. The summed E-state index contributed by atoms with van der Waals surface area (Å²) in [4.78, 5) is 12.3. The molecule has 1 aromatic heterocycles. The predicted octanol–water partition coefficient (Wildman–Crippen LogP) is 4.41. The summed E-state index contributed by atoms with van der Waals surface area (Å²) >= 11 is 6.60. The first kappa shape index (κ1) is 18.2. The maximum absolute atomic E-state index is 12.3. The summed E-state index contributed by atoms with van der Waals surface area (Å²) in [5, 5.41) is 8.69. The van der Waals surface area contributed by atoms with Gasteiger partial charge in [-0.1, -0.05) is 48.0 Å². The third-order valence-electron chi connectivity index (χ3n) is 4.85. The van der Waals surface area contributed by atoms with Crippen LogP contribution in [-0.4, -0.2) is 18.2 Å². The van der Waals surface area contributed by atoms with Crippen molar-refractivity contribution in [2.24, 2.45) is 0 Å². The number of benzene rings is 2. The van der Waals surface area contributed by atoms with E-state index in [1.54, 1.807) is 0 Å². The first-order valence-electron chi connectivity index (χ1n) is 8.31. The SMILES string of the molecule is Br.O=c1[nH]oc(C2CCNCC2)c1Cc1ccc2ccccc2c1Cl. The van der Waals surface area contributed by atoms with E-state index in [4.69, 9.17) is 16.1 Å². The average molecular weight is 424 g/mol. The Labute approximate surface area is 161 Å². The Morgan fingerprint density at radius 3 is 2.68 bits per heavy atom. The molecule has 0 spiro atoms. The van der Waals surface area contributed by atoms with Crippen LogP contribution in [0.3, 0.4) is 0 Å². The fraction of sp³-hybridized carbons (Fsp3) is 0.316. The van der Waals surface area contributed by atoms with Crippen molar-refractivity contribution < 1.29 is 4.52 Å². The van der Waals surface area contributed by atoms with Gasteiger partial charge in [0.2, 0.25) is 0 Å². The molecule has 0 amide bonds. The molecule has 0 atom stereocenters. The number of aromatic amines is 1. The highest BCUT2D eigenvalue weighted by molar-refractivity contribution is 8.93. The van der Waals surface area contributed by atoms with E-state index in [0.717, 1.165) is 48.0 Å². The lowest BCUT2D eigenvalue weighted by Crippen LogP contribution is -2.27. The predicted molar refractivity (Wildman–Crippen MR) is 106 cm³/mol. The van der Waals surface area contributed by atoms with Gasteiger partial charge >= 0.3 is 0 Å². The summed E-state index contributed by atoms with van der Waals surface area (Å²) in [7, 11) is 0. The van der Waals surface area contributed by atoms with E-state index in [9.17, 15) is 4.79 Å². The minimum Gasteiger partial charge on any atom is -0.383 e. The van der Waals surface area contributed by atoms with Crippen molar-refractivity contribution in [3.05, 3.63) is 68.7 Å². The van der Waals surface area contributed by atoms with E-state index in [1.165, 1.54) is 0 Å². The molecule has 0 bridgehead atoms. The lowest BCUT2D eigenvalue weighted by atomic mass is 9.91. The van der Waals surface area contributed by atoms with Crippen LogP contribution in [0, 0.1) is 0 Å². The highest BCUT2D eigenvalue weighted by Crippen LogP contribution is 2.31. The molecular formula is C19H20BrClN2O2. The Bertz CT molecular complexity index is 929. The van der Waals surface area contributed by atoms with Crippen molar-refractivity contribution in [3.8, 4) is 0 Å². The number of piperidine rings is 1. The van der Waals surface area contributed by atoms with Gasteiger partial charge in [0.05, 0.1) is 10.6 Å². The fourth-order valence-corrected chi connectivity index (χ4v) is 3.83. The molecule has 2 aromatic carbocycles. The van der Waals surface area contributed by atoms with Crippen LogP contribution in [0.4, 0.5) is 0 Å². The normalized spacial score (nSPS) is 15.2. The summed E-state index contributed by atoms with van der Waals surface area (Å²) < 4.78 is 5.53. The molecule has 1 saturated heterocycles. The molecule has 1 aliphatic heterocycles. The Morgan fingerprint density at radius 1 is 1.12 bits per heavy atom. The molecule has 1 fully saturated rings. The molecule has 2 heterocycles. The van der Waals surface area contributed by atoms with Crippen LogP contribution in [0.1, 0.15) is 35.6 Å². The summed E-state index contributed by atoms with van der Waals surface area (Å²) in [6.07, 6.45) is 2.47. The number of halogens is 2. The zero-order valence-corrected chi connectivity index (χ0v) is 16.1. The molecule has 0 saturated carbocycles. The second kappa shape index (κ2) is 7.77. The van der Waals surface area contributed by atoms with Gasteiger partial charge < -0.3 is 9.84 Å². The Kier molecular flexibility index (Phi) is 5.67. The number of rotatable bonds is 3. The molecule has 0 aliphatic carbocycles. The van der Waals surface area contributed by atoms with Gasteiger partial charge in [0.15, 0.2) is 0 Å². The maximum Gasteiger partial charge on any atom is 0.283 e. The summed E-state index contributed by atoms with van der Waals surface area (Å²) in [6, 6.07) is 12.1. The van der Waals surface area contributed by atoms with E-state index >= 15 is 0 Å². The van der Waals surface area contributed by atoms with Crippen LogP contribution >= 0.6 is 28.6 Å². The average Bonchev–Trinajstić information content (AvgIpc) is 2.99. The Hall–Kier alpha value is -1.56. The van der Waals surface area contributed by atoms with Crippen LogP contribution in [0.25, 0.3) is 10.8 Å². The standard InChI is InChI=1S/C19H19ClN2O2.BrH/c20-17-14(6-5-12-3-1-2-4-15(12)17)11-16-18(24-22-19(16)23)13-7-9-21-10-8-13;/h1-6,13,21H,7-11H2,(H,22,23);1H. The van der Waals surface area contributed by atoms with Crippen molar-refractivity contribution in [1.29, 1.82) is 0 Å². The molecule has 6 heteroatoms. The van der Waals surface area contributed by atoms with Crippen LogP contribution < -0.4 is 10.9 Å². The van der Waals surface area contributed by atoms with Crippen LogP contribution in [0.2, 0.25) is 5.02 Å². The number of hydrogen-bond donors (Lipinski definition) is 2. The van der Waals surface area contributed by atoms with Gasteiger partial charge in [-0.15, -0.1) is 17.0 Å². The number of H-pyrrole nitrogens is 1. The third-order valence-corrected chi connectivity index (χ3v) is 5.29. The fourth-order valence-electron chi connectivity index (χ4n) is 3.52. The third kappa shape index (κ3) is 3.54. The van der Waals surface area contributed by atoms with Gasteiger partial charge in [0.25, 0.3) is 5.56 Å². The molecule has 25 heavy (non-hydrogen) atoms. The van der Waals surface area contributed by atoms with E-state index in [-0.39, 0.29) is 22.5 Å². The zero-order chi connectivity index (χ0) is 16.5. The van der Waals surface area contributed by atoms with Crippen molar-refractivity contribution in [1.82, 2.24) is 10.5 Å². The lowest BCUT2D eigenvalue weighted by molar-refractivity contribution is 0.324. The van der Waals surface area contributed by atoms with E-state index in [0.29, 0.717) is 22.9 Å². The first-order valence-corrected chi connectivity index (χ1v) is 8.69. The molecular weight excluding hydrogens is 404 g/mol. The summed E-state index contributed by atoms with van der Waals surface area (Å²) in [5.41, 5.74) is 1.52. The van der Waals surface area contributed by atoms with Crippen molar-refractivity contribution >= 4 is 39.4 Å². The van der Waals surface area contributed by atoms with Gasteiger partial charge in [-0.2, -0.15) is 5.16 Å². The minimum absolute atomic E-state index is 0. The molecule has 2 N–H and O–H groups in total. The van der Waals surface area contributed by atoms with Gasteiger partial charge in [0.1, 0.15) is 5.76 Å². The highest BCUT2D eigenvalue weighted by atomic mass is 79.9. The van der Waals surface area contributed by atoms with Gasteiger partial charge in [-0.05, 0) is 36.9 Å². The van der Waals surface area contributed by atoms with E-state index < -0.39 is 0 Å². The molecule has 0 radical (unpaired) electrons. The number of aromatic nitrogens is 1. The lowest BCUT2D eigenvalue weighted by Gasteiger charge is -2.21. The van der Waals surface area contributed by atoms with Crippen molar-refractivity contribution in [2.45, 2.75) is 25.2 Å². The second-order valence-electron chi connectivity index (χ2n) is 6.34. The molecule has 3 aromatic rings. The first-order chi connectivity index (χ1) is 11.7. The minimum atomic E-state index is -0.146. The molecule has 4 nitrogen and oxygen atoms in total. The van der Waals surface area contributed by atoms with Gasteiger partial charge in [0, 0.05) is 17.7 Å². The Morgan fingerprint density at radius 2 is 1.88 bits per heavy atom. The molecule has 132 valence electrons. The Balaban J connectivity index is 0.00000182. The smallest absolute Gasteiger partial charge is 0.283 e. The van der Waals surface area contributed by atoms with Gasteiger partial charge in [-0.3, -0.25) is 4.79 Å². The highest BCUT2D eigenvalue weighted by Gasteiger charge is 2.25. The maximum atomic E-state index is 12.3. The summed E-state index contributed by atoms with van der Waals surface area (Å²) in [5.74, 6) is 1.09. The number of fused-ring (bicyclic) bond motifs is 1.